The van der Waals surface area contributed by atoms with Crippen molar-refractivity contribution in [3.05, 3.63) is 50.8 Å². The number of hydrogen-bond donors (Lipinski definition) is 1. The Morgan fingerprint density at radius 1 is 1.29 bits per heavy atom. The van der Waals surface area contributed by atoms with Gasteiger partial charge in [-0.1, -0.05) is 43.1 Å². The summed E-state index contributed by atoms with van der Waals surface area (Å²) in [5, 5.41) is 3.21. The Hall–Kier alpha value is -1.69. The minimum Gasteiger partial charge on any atom is -0.309 e. The van der Waals surface area contributed by atoms with E-state index < -0.39 is 0 Å². The van der Waals surface area contributed by atoms with E-state index in [1.165, 1.54) is 11.3 Å². The van der Waals surface area contributed by atoms with Crippen molar-refractivity contribution >= 4 is 33.2 Å². The van der Waals surface area contributed by atoms with Crippen molar-refractivity contribution in [2.45, 2.75) is 26.3 Å². The first-order chi connectivity index (χ1) is 11.6. The summed E-state index contributed by atoms with van der Waals surface area (Å²) in [6.45, 7) is 3.81. The van der Waals surface area contributed by atoms with E-state index in [0.717, 1.165) is 35.3 Å². The molecule has 0 saturated carbocycles. The van der Waals surface area contributed by atoms with Gasteiger partial charge in [-0.05, 0) is 26.1 Å². The fourth-order valence-electron chi connectivity index (χ4n) is 2.71. The maximum absolute atomic E-state index is 12.6. The third kappa shape index (κ3) is 3.53. The minimum absolute atomic E-state index is 0.102. The molecule has 0 spiro atoms. The van der Waals surface area contributed by atoms with Gasteiger partial charge < -0.3 is 4.98 Å². The van der Waals surface area contributed by atoms with Crippen LogP contribution in [0.15, 0.2) is 34.4 Å². The molecule has 0 aliphatic carbocycles. The number of H-pyrrole nitrogens is 1. The van der Waals surface area contributed by atoms with Crippen molar-refractivity contribution in [2.75, 3.05) is 13.6 Å². The van der Waals surface area contributed by atoms with Crippen LogP contribution >= 0.6 is 22.9 Å². The molecule has 0 bridgehead atoms. The van der Waals surface area contributed by atoms with Crippen molar-refractivity contribution in [1.29, 1.82) is 0 Å². The van der Waals surface area contributed by atoms with E-state index in [-0.39, 0.29) is 5.56 Å². The standard InChI is InChI=1S/C18H20ClN3OS/c1-3-4-9-22(2)10-15-20-17(23)16-13(11-24-18(16)21-15)12-7-5-6-8-14(12)19/h5-8,11H,3-4,9-10H2,1-2H3,(H,20,21,23). The van der Waals surface area contributed by atoms with Crippen LogP contribution in [0.2, 0.25) is 5.02 Å². The number of unbranched alkanes of at least 4 members (excludes halogenated alkanes) is 1. The molecule has 0 amide bonds. The van der Waals surface area contributed by atoms with Crippen LogP contribution in [-0.2, 0) is 6.54 Å². The number of halogens is 1. The normalized spacial score (nSPS) is 11.5. The number of rotatable bonds is 6. The highest BCUT2D eigenvalue weighted by atomic mass is 35.5. The van der Waals surface area contributed by atoms with Crippen LogP contribution in [-0.4, -0.2) is 28.5 Å². The third-order valence-corrected chi connectivity index (χ3v) is 5.17. The van der Waals surface area contributed by atoms with Crippen molar-refractivity contribution in [1.82, 2.24) is 14.9 Å². The van der Waals surface area contributed by atoms with E-state index in [1.807, 2.05) is 36.7 Å². The van der Waals surface area contributed by atoms with Gasteiger partial charge in [-0.15, -0.1) is 11.3 Å². The summed E-state index contributed by atoms with van der Waals surface area (Å²) in [6, 6.07) is 7.56. The van der Waals surface area contributed by atoms with Crippen LogP contribution < -0.4 is 5.56 Å². The molecule has 0 aliphatic heterocycles. The highest BCUT2D eigenvalue weighted by Gasteiger charge is 2.15. The first-order valence-corrected chi connectivity index (χ1v) is 9.29. The largest absolute Gasteiger partial charge is 0.309 e. The van der Waals surface area contributed by atoms with Gasteiger partial charge in [-0.25, -0.2) is 4.98 Å². The number of thiophene rings is 1. The predicted octanol–water partition coefficient (Wildman–Crippen LogP) is 4.54. The summed E-state index contributed by atoms with van der Waals surface area (Å²) in [6.07, 6.45) is 2.29. The molecule has 0 aliphatic rings. The molecule has 2 aromatic heterocycles. The molecule has 0 radical (unpaired) electrons. The number of benzene rings is 1. The first-order valence-electron chi connectivity index (χ1n) is 8.04. The smallest absolute Gasteiger partial charge is 0.260 e. The van der Waals surface area contributed by atoms with Crippen LogP contribution in [0.1, 0.15) is 25.6 Å². The summed E-state index contributed by atoms with van der Waals surface area (Å²) < 4.78 is 0. The molecule has 2 heterocycles. The lowest BCUT2D eigenvalue weighted by molar-refractivity contribution is 0.313. The molecule has 0 atom stereocenters. The molecular formula is C18H20ClN3OS. The molecule has 3 rings (SSSR count). The molecule has 4 nitrogen and oxygen atoms in total. The Kier molecular flexibility index (Phi) is 5.33. The lowest BCUT2D eigenvalue weighted by Gasteiger charge is -2.15. The minimum atomic E-state index is -0.102. The van der Waals surface area contributed by atoms with Crippen LogP contribution in [0.3, 0.4) is 0 Å². The van der Waals surface area contributed by atoms with Crippen LogP contribution in [0.5, 0.6) is 0 Å². The first kappa shape index (κ1) is 17.1. The maximum atomic E-state index is 12.6. The van der Waals surface area contributed by atoms with Gasteiger partial charge in [0.2, 0.25) is 0 Å². The van der Waals surface area contributed by atoms with Crippen molar-refractivity contribution in [3.63, 3.8) is 0 Å². The zero-order valence-electron chi connectivity index (χ0n) is 13.8. The maximum Gasteiger partial charge on any atom is 0.260 e. The highest BCUT2D eigenvalue weighted by molar-refractivity contribution is 7.17. The SMILES string of the molecule is CCCCN(C)Cc1nc2scc(-c3ccccc3Cl)c2c(=O)[nH]1. The Morgan fingerprint density at radius 2 is 2.08 bits per heavy atom. The lowest BCUT2D eigenvalue weighted by atomic mass is 10.1. The van der Waals surface area contributed by atoms with Gasteiger partial charge in [0, 0.05) is 21.5 Å². The number of nitrogens with one attached hydrogen (secondary N) is 1. The summed E-state index contributed by atoms with van der Waals surface area (Å²) in [5.74, 6) is 0.707. The molecular weight excluding hydrogens is 342 g/mol. The average Bonchev–Trinajstić information content (AvgIpc) is 2.97. The van der Waals surface area contributed by atoms with Gasteiger partial charge in [0.25, 0.3) is 5.56 Å². The van der Waals surface area contributed by atoms with Gasteiger partial charge in [-0.2, -0.15) is 0 Å². The molecule has 0 saturated heterocycles. The Balaban J connectivity index is 1.97. The molecule has 6 heteroatoms. The van der Waals surface area contributed by atoms with E-state index in [4.69, 9.17) is 11.6 Å². The van der Waals surface area contributed by atoms with Gasteiger partial charge in [0.05, 0.1) is 11.9 Å². The van der Waals surface area contributed by atoms with Gasteiger partial charge in [0.15, 0.2) is 0 Å². The number of hydrogen-bond acceptors (Lipinski definition) is 4. The molecule has 3 aromatic rings. The molecule has 24 heavy (non-hydrogen) atoms. The van der Waals surface area contributed by atoms with Crippen molar-refractivity contribution < 1.29 is 0 Å². The van der Waals surface area contributed by atoms with Crippen LogP contribution in [0.4, 0.5) is 0 Å². The second-order valence-electron chi connectivity index (χ2n) is 5.91. The summed E-state index contributed by atoms with van der Waals surface area (Å²) >= 11 is 7.76. The summed E-state index contributed by atoms with van der Waals surface area (Å²) in [4.78, 5) is 23.1. The fraction of sp³-hybridized carbons (Fsp3) is 0.333. The molecule has 1 N–H and O–H groups in total. The average molecular weight is 362 g/mol. The molecule has 0 fully saturated rings. The zero-order chi connectivity index (χ0) is 17.1. The van der Waals surface area contributed by atoms with Gasteiger partial charge in [0.1, 0.15) is 10.7 Å². The lowest BCUT2D eigenvalue weighted by Crippen LogP contribution is -2.22. The third-order valence-electron chi connectivity index (χ3n) is 3.97. The van der Waals surface area contributed by atoms with Crippen LogP contribution in [0.25, 0.3) is 21.3 Å². The fourth-order valence-corrected chi connectivity index (χ4v) is 3.90. The van der Waals surface area contributed by atoms with E-state index in [1.54, 1.807) is 0 Å². The van der Waals surface area contributed by atoms with E-state index >= 15 is 0 Å². The number of aromatic nitrogens is 2. The van der Waals surface area contributed by atoms with Crippen LogP contribution in [0, 0.1) is 0 Å². The van der Waals surface area contributed by atoms with Crippen molar-refractivity contribution in [3.8, 4) is 11.1 Å². The second kappa shape index (κ2) is 7.47. The Bertz CT molecular complexity index is 903. The quantitative estimate of drug-likeness (QED) is 0.701. The molecule has 1 aromatic carbocycles. The number of aromatic amines is 1. The van der Waals surface area contributed by atoms with Gasteiger partial charge in [-0.3, -0.25) is 9.69 Å². The predicted molar refractivity (Wildman–Crippen MR) is 102 cm³/mol. The monoisotopic (exact) mass is 361 g/mol. The van der Waals surface area contributed by atoms with Crippen molar-refractivity contribution in [2.24, 2.45) is 0 Å². The number of fused-ring (bicyclic) bond motifs is 1. The van der Waals surface area contributed by atoms with E-state index in [9.17, 15) is 4.79 Å². The highest BCUT2D eigenvalue weighted by Crippen LogP contribution is 2.34. The Morgan fingerprint density at radius 3 is 2.83 bits per heavy atom. The molecule has 126 valence electrons. The summed E-state index contributed by atoms with van der Waals surface area (Å²) in [5.41, 5.74) is 1.61. The zero-order valence-corrected chi connectivity index (χ0v) is 15.4. The topological polar surface area (TPSA) is 49.0 Å². The summed E-state index contributed by atoms with van der Waals surface area (Å²) in [7, 11) is 2.05. The second-order valence-corrected chi connectivity index (χ2v) is 7.18. The van der Waals surface area contributed by atoms with Gasteiger partial charge >= 0.3 is 0 Å². The van der Waals surface area contributed by atoms with E-state index in [0.29, 0.717) is 22.8 Å². The van der Waals surface area contributed by atoms with E-state index in [2.05, 4.69) is 21.8 Å². The Labute approximate surface area is 150 Å². The number of nitrogens with zero attached hydrogens (tertiary/aromatic N) is 2. The molecule has 0 unspecified atom stereocenters.